The van der Waals surface area contributed by atoms with Gasteiger partial charge in [-0.15, -0.1) is 0 Å². The van der Waals surface area contributed by atoms with Crippen LogP contribution >= 0.6 is 0 Å². The number of carbonyl (C=O) groups is 1. The van der Waals surface area contributed by atoms with Gasteiger partial charge in [0.15, 0.2) is 0 Å². The summed E-state index contributed by atoms with van der Waals surface area (Å²) < 4.78 is 38.6. The molecule has 1 saturated heterocycles. The summed E-state index contributed by atoms with van der Waals surface area (Å²) in [6, 6.07) is 0.625. The van der Waals surface area contributed by atoms with Gasteiger partial charge in [-0.1, -0.05) is 13.8 Å². The van der Waals surface area contributed by atoms with Gasteiger partial charge in [0.2, 0.25) is 5.91 Å². The van der Waals surface area contributed by atoms with E-state index in [9.17, 15) is 4.79 Å². The molecule has 0 radical (unpaired) electrons. The van der Waals surface area contributed by atoms with E-state index in [0.29, 0.717) is 105 Å². The second-order valence-electron chi connectivity index (χ2n) is 8.36. The number of amides is 1. The number of nitrogens with zero attached hydrogens (tertiary/aromatic N) is 1. The number of nitrogens with one attached hydrogen (secondary N) is 1. The van der Waals surface area contributed by atoms with Crippen LogP contribution in [0, 0.1) is 0 Å². The number of piperidine rings is 1. The van der Waals surface area contributed by atoms with Crippen molar-refractivity contribution in [2.45, 2.75) is 59.6 Å². The molecule has 10 heteroatoms. The molecule has 1 aliphatic rings. The maximum absolute atomic E-state index is 10.7. The van der Waals surface area contributed by atoms with Crippen LogP contribution in [0.5, 0.6) is 0 Å². The predicted molar refractivity (Wildman–Crippen MR) is 141 cm³/mol. The first-order valence-corrected chi connectivity index (χ1v) is 13.7. The minimum atomic E-state index is -0.0525. The molecule has 0 aliphatic carbocycles. The van der Waals surface area contributed by atoms with E-state index in [2.05, 4.69) is 24.1 Å². The van der Waals surface area contributed by atoms with Crippen molar-refractivity contribution in [2.24, 2.45) is 0 Å². The molecule has 0 aromatic carbocycles. The van der Waals surface area contributed by atoms with Gasteiger partial charge >= 0.3 is 0 Å². The molecule has 0 aromatic rings. The topological polar surface area (TPSA) is 97.0 Å². The van der Waals surface area contributed by atoms with E-state index in [1.165, 1.54) is 6.92 Å². The zero-order valence-corrected chi connectivity index (χ0v) is 23.6. The monoisotopic (exact) mass is 522 g/mol. The molecule has 0 bridgehead atoms. The summed E-state index contributed by atoms with van der Waals surface area (Å²) >= 11 is 0. The van der Waals surface area contributed by atoms with Crippen LogP contribution in [-0.2, 0) is 38.0 Å². The molecule has 1 amide bonds. The van der Waals surface area contributed by atoms with Crippen molar-refractivity contribution in [1.82, 2.24) is 10.2 Å². The Balaban J connectivity index is 0.00000596. The molecular formula is C26H54N2O8. The highest BCUT2D eigenvalue weighted by atomic mass is 16.6. The molecule has 36 heavy (non-hydrogen) atoms. The number of hydrogen-bond acceptors (Lipinski definition) is 9. The van der Waals surface area contributed by atoms with Gasteiger partial charge in [0.1, 0.15) is 0 Å². The quantitative estimate of drug-likeness (QED) is 0.202. The van der Waals surface area contributed by atoms with E-state index in [1.807, 2.05) is 13.8 Å². The average Bonchev–Trinajstić information content (AvgIpc) is 2.88. The van der Waals surface area contributed by atoms with Gasteiger partial charge in [0, 0.05) is 32.6 Å². The standard InChI is InChI=1S/C24H48N2O8.C2H6/c1-22(2)26-7-4-24(5-8-26)34-21-20-33-19-18-32-17-16-31-15-14-30-13-12-29-11-10-28-9-6-25-23(3)27;1-2/h22,24H,4-21H2,1-3H3,(H,25,27);1-2H3. The molecular weight excluding hydrogens is 468 g/mol. The van der Waals surface area contributed by atoms with Gasteiger partial charge in [-0.3, -0.25) is 4.79 Å². The first kappa shape index (κ1) is 35.2. The molecule has 0 spiro atoms. The Hall–Kier alpha value is -0.850. The Morgan fingerprint density at radius 2 is 1.06 bits per heavy atom. The summed E-state index contributed by atoms with van der Waals surface area (Å²) in [6.07, 6.45) is 2.59. The highest BCUT2D eigenvalue weighted by molar-refractivity contribution is 5.72. The third kappa shape index (κ3) is 23.5. The lowest BCUT2D eigenvalue weighted by molar-refractivity contribution is -0.119. The maximum atomic E-state index is 10.7. The highest BCUT2D eigenvalue weighted by Crippen LogP contribution is 2.15. The van der Waals surface area contributed by atoms with Crippen molar-refractivity contribution in [3.63, 3.8) is 0 Å². The molecule has 1 N–H and O–H groups in total. The van der Waals surface area contributed by atoms with Crippen molar-refractivity contribution in [2.75, 3.05) is 106 Å². The lowest BCUT2D eigenvalue weighted by Crippen LogP contribution is -2.41. The first-order chi connectivity index (χ1) is 17.6. The second-order valence-corrected chi connectivity index (χ2v) is 8.36. The van der Waals surface area contributed by atoms with Crippen LogP contribution in [0.25, 0.3) is 0 Å². The van der Waals surface area contributed by atoms with E-state index >= 15 is 0 Å². The molecule has 0 aromatic heterocycles. The fourth-order valence-corrected chi connectivity index (χ4v) is 3.33. The molecule has 1 rings (SSSR count). The van der Waals surface area contributed by atoms with Crippen LogP contribution in [0.4, 0.5) is 0 Å². The summed E-state index contributed by atoms with van der Waals surface area (Å²) in [5, 5.41) is 2.66. The summed E-state index contributed by atoms with van der Waals surface area (Å²) in [5.41, 5.74) is 0. The molecule has 1 heterocycles. The van der Waals surface area contributed by atoms with Gasteiger partial charge in [-0.2, -0.15) is 0 Å². The Bertz CT molecular complexity index is 463. The largest absolute Gasteiger partial charge is 0.377 e. The Morgan fingerprint density at radius 3 is 1.42 bits per heavy atom. The second kappa shape index (κ2) is 27.2. The minimum Gasteiger partial charge on any atom is -0.377 e. The predicted octanol–water partition coefficient (Wildman–Crippen LogP) is 2.14. The molecule has 10 nitrogen and oxygen atoms in total. The van der Waals surface area contributed by atoms with E-state index in [1.54, 1.807) is 0 Å². The summed E-state index contributed by atoms with van der Waals surface area (Å²) in [5.74, 6) is -0.0525. The lowest BCUT2D eigenvalue weighted by Gasteiger charge is -2.34. The molecule has 1 aliphatic heterocycles. The SMILES string of the molecule is CC.CC(=O)NCCOCCOCCOCCOCCOCCOCCOC1CCN(C(C)C)CC1. The Kier molecular flexibility index (Phi) is 26.5. The van der Waals surface area contributed by atoms with Gasteiger partial charge in [0.25, 0.3) is 0 Å². The Morgan fingerprint density at radius 1 is 0.694 bits per heavy atom. The van der Waals surface area contributed by atoms with E-state index in [-0.39, 0.29) is 5.91 Å². The van der Waals surface area contributed by atoms with Crippen molar-refractivity contribution < 1.29 is 38.0 Å². The van der Waals surface area contributed by atoms with Gasteiger partial charge < -0.3 is 43.4 Å². The number of rotatable bonds is 23. The van der Waals surface area contributed by atoms with Gasteiger partial charge in [-0.25, -0.2) is 0 Å². The average molecular weight is 523 g/mol. The smallest absolute Gasteiger partial charge is 0.216 e. The third-order valence-corrected chi connectivity index (χ3v) is 5.27. The summed E-state index contributed by atoms with van der Waals surface area (Å²) in [4.78, 5) is 13.2. The number of ether oxygens (including phenoxy) is 7. The van der Waals surface area contributed by atoms with Crippen molar-refractivity contribution >= 4 is 5.91 Å². The van der Waals surface area contributed by atoms with Crippen LogP contribution in [0.3, 0.4) is 0 Å². The van der Waals surface area contributed by atoms with Crippen LogP contribution in [-0.4, -0.2) is 128 Å². The number of hydrogen-bond donors (Lipinski definition) is 1. The van der Waals surface area contributed by atoms with Crippen molar-refractivity contribution in [3.05, 3.63) is 0 Å². The fraction of sp³-hybridized carbons (Fsp3) is 0.962. The molecule has 0 saturated carbocycles. The number of likely N-dealkylation sites (tertiary alicyclic amines) is 1. The van der Waals surface area contributed by atoms with E-state index in [4.69, 9.17) is 33.2 Å². The molecule has 0 unspecified atom stereocenters. The fourth-order valence-electron chi connectivity index (χ4n) is 3.33. The summed E-state index contributed by atoms with van der Waals surface area (Å²) in [6.45, 7) is 19.8. The molecule has 1 fully saturated rings. The normalized spacial score (nSPS) is 14.6. The van der Waals surface area contributed by atoms with Gasteiger partial charge in [0.05, 0.1) is 92.0 Å². The summed E-state index contributed by atoms with van der Waals surface area (Å²) in [7, 11) is 0. The van der Waals surface area contributed by atoms with E-state index < -0.39 is 0 Å². The van der Waals surface area contributed by atoms with E-state index in [0.717, 1.165) is 25.9 Å². The zero-order chi connectivity index (χ0) is 26.7. The van der Waals surface area contributed by atoms with Crippen LogP contribution in [0.2, 0.25) is 0 Å². The maximum Gasteiger partial charge on any atom is 0.216 e. The minimum absolute atomic E-state index is 0.0525. The van der Waals surface area contributed by atoms with Crippen LogP contribution in [0.15, 0.2) is 0 Å². The van der Waals surface area contributed by atoms with Gasteiger partial charge in [-0.05, 0) is 26.7 Å². The first-order valence-electron chi connectivity index (χ1n) is 13.7. The zero-order valence-electron chi connectivity index (χ0n) is 23.6. The highest BCUT2D eigenvalue weighted by Gasteiger charge is 2.20. The van der Waals surface area contributed by atoms with Crippen molar-refractivity contribution in [3.8, 4) is 0 Å². The van der Waals surface area contributed by atoms with Crippen LogP contribution in [0.1, 0.15) is 47.5 Å². The Labute approximate surface area is 219 Å². The molecule has 216 valence electrons. The third-order valence-electron chi connectivity index (χ3n) is 5.27. The number of carbonyl (C=O) groups excluding carboxylic acids is 1. The van der Waals surface area contributed by atoms with Crippen molar-refractivity contribution in [1.29, 1.82) is 0 Å². The lowest BCUT2D eigenvalue weighted by atomic mass is 10.1. The van der Waals surface area contributed by atoms with Crippen LogP contribution < -0.4 is 5.32 Å². The molecule has 0 atom stereocenters.